The fourth-order valence-corrected chi connectivity index (χ4v) is 7.94. The number of allylic oxidation sites excluding steroid dienone is 1. The molecule has 1 aliphatic carbocycles. The van der Waals surface area contributed by atoms with Gasteiger partial charge in [0.1, 0.15) is 5.82 Å². The van der Waals surface area contributed by atoms with Gasteiger partial charge in [-0.3, -0.25) is 4.57 Å². The number of rotatable bonds is 4. The van der Waals surface area contributed by atoms with Gasteiger partial charge in [-0.2, -0.15) is 0 Å². The number of aromatic nitrogens is 2. The third-order valence-corrected chi connectivity index (χ3v) is 10.2. The standard InChI is InChI=1S/C47H32N2/c1-2-16-38(17-3-1)49-44-21-11-10-20-43(44)48-47(49)37-26-27-41-42(30-37)46(36-25-23-32-13-5-7-15-34(32)29-36)40-19-9-8-18-39(40)45(41)35-24-22-31-12-4-6-14-33(31)28-35/h1-10,12-20,22-30H,11,21H2. The predicted molar refractivity (Wildman–Crippen MR) is 207 cm³/mol. The van der Waals surface area contributed by atoms with Gasteiger partial charge in [0.15, 0.2) is 0 Å². The van der Waals surface area contributed by atoms with E-state index in [1.807, 2.05) is 0 Å². The van der Waals surface area contributed by atoms with Gasteiger partial charge >= 0.3 is 0 Å². The molecule has 1 aromatic heterocycles. The molecule has 8 aromatic carbocycles. The van der Waals surface area contributed by atoms with Crippen molar-refractivity contribution in [3.05, 3.63) is 175 Å². The molecule has 0 atom stereocenters. The van der Waals surface area contributed by atoms with E-state index in [2.05, 4.69) is 174 Å². The van der Waals surface area contributed by atoms with Gasteiger partial charge in [-0.05, 0) is 115 Å². The van der Waals surface area contributed by atoms with Crippen molar-refractivity contribution >= 4 is 49.2 Å². The zero-order valence-corrected chi connectivity index (χ0v) is 27.0. The summed E-state index contributed by atoms with van der Waals surface area (Å²) >= 11 is 0. The van der Waals surface area contributed by atoms with Crippen molar-refractivity contribution in [1.82, 2.24) is 9.55 Å². The average Bonchev–Trinajstić information content (AvgIpc) is 3.56. The van der Waals surface area contributed by atoms with Crippen LogP contribution in [0.4, 0.5) is 0 Å². The molecule has 0 bridgehead atoms. The van der Waals surface area contributed by atoms with Gasteiger partial charge < -0.3 is 0 Å². The first-order valence-corrected chi connectivity index (χ1v) is 17.1. The zero-order chi connectivity index (χ0) is 32.3. The second-order valence-corrected chi connectivity index (χ2v) is 13.1. The molecule has 0 saturated heterocycles. The number of hydrogen-bond acceptors (Lipinski definition) is 1. The van der Waals surface area contributed by atoms with Gasteiger partial charge in [0.2, 0.25) is 0 Å². The molecule has 230 valence electrons. The highest BCUT2D eigenvalue weighted by molar-refractivity contribution is 6.22. The maximum absolute atomic E-state index is 5.30. The molecule has 0 spiro atoms. The monoisotopic (exact) mass is 624 g/mol. The minimum atomic E-state index is 0.973. The van der Waals surface area contributed by atoms with Crippen molar-refractivity contribution in [2.24, 2.45) is 0 Å². The third kappa shape index (κ3) is 4.52. The van der Waals surface area contributed by atoms with Gasteiger partial charge in [0.05, 0.1) is 11.4 Å². The smallest absolute Gasteiger partial charge is 0.145 e. The SMILES string of the molecule is C1=Cc2nc(-c3ccc4c(-c5ccc6ccccc6c5)c5ccccc5c(-c5ccc6ccccc6c5)c4c3)n(-c3ccccc3)c2CC1. The Balaban J connectivity index is 1.32. The van der Waals surface area contributed by atoms with E-state index in [9.17, 15) is 0 Å². The highest BCUT2D eigenvalue weighted by Gasteiger charge is 2.22. The van der Waals surface area contributed by atoms with E-state index in [4.69, 9.17) is 4.98 Å². The average molecular weight is 625 g/mol. The number of benzene rings is 8. The molecule has 49 heavy (non-hydrogen) atoms. The molecule has 2 heteroatoms. The van der Waals surface area contributed by atoms with Crippen molar-refractivity contribution in [3.63, 3.8) is 0 Å². The van der Waals surface area contributed by atoms with Crippen molar-refractivity contribution in [2.45, 2.75) is 12.8 Å². The number of hydrogen-bond donors (Lipinski definition) is 0. The zero-order valence-electron chi connectivity index (χ0n) is 27.0. The molecule has 0 saturated carbocycles. The summed E-state index contributed by atoms with van der Waals surface area (Å²) in [5, 5.41) is 9.96. The van der Waals surface area contributed by atoms with Crippen LogP contribution in [-0.2, 0) is 6.42 Å². The molecule has 0 fully saturated rings. The highest BCUT2D eigenvalue weighted by atomic mass is 15.1. The Morgan fingerprint density at radius 1 is 0.449 bits per heavy atom. The number of fused-ring (bicyclic) bond motifs is 5. The van der Waals surface area contributed by atoms with E-state index in [-0.39, 0.29) is 0 Å². The predicted octanol–water partition coefficient (Wildman–Crippen LogP) is 12.4. The quantitative estimate of drug-likeness (QED) is 0.178. The lowest BCUT2D eigenvalue weighted by atomic mass is 9.84. The van der Waals surface area contributed by atoms with Gasteiger partial charge in [-0.1, -0.05) is 133 Å². The molecule has 1 heterocycles. The molecular weight excluding hydrogens is 593 g/mol. The Kier molecular flexibility index (Phi) is 6.35. The summed E-state index contributed by atoms with van der Waals surface area (Å²) in [7, 11) is 0. The minimum Gasteiger partial charge on any atom is -0.296 e. The summed E-state index contributed by atoms with van der Waals surface area (Å²) in [6.07, 6.45) is 6.43. The fourth-order valence-electron chi connectivity index (χ4n) is 7.94. The van der Waals surface area contributed by atoms with E-state index < -0.39 is 0 Å². The van der Waals surface area contributed by atoms with E-state index in [1.54, 1.807) is 0 Å². The lowest BCUT2D eigenvalue weighted by Gasteiger charge is -2.19. The van der Waals surface area contributed by atoms with E-state index in [0.717, 1.165) is 35.6 Å². The number of imidazole rings is 1. The summed E-state index contributed by atoms with van der Waals surface area (Å²) < 4.78 is 2.38. The van der Waals surface area contributed by atoms with Crippen molar-refractivity contribution in [1.29, 1.82) is 0 Å². The Labute approximate surface area is 285 Å². The van der Waals surface area contributed by atoms with E-state index in [0.29, 0.717) is 0 Å². The Morgan fingerprint density at radius 2 is 1.00 bits per heavy atom. The van der Waals surface area contributed by atoms with Crippen LogP contribution in [-0.4, -0.2) is 9.55 Å². The molecule has 0 amide bonds. The molecule has 10 rings (SSSR count). The van der Waals surface area contributed by atoms with Crippen molar-refractivity contribution < 1.29 is 0 Å². The summed E-state index contributed by atoms with van der Waals surface area (Å²) in [4.78, 5) is 5.30. The molecule has 0 N–H and O–H groups in total. The molecule has 2 nitrogen and oxygen atoms in total. The molecule has 0 aliphatic heterocycles. The van der Waals surface area contributed by atoms with Crippen LogP contribution < -0.4 is 0 Å². The summed E-state index contributed by atoms with van der Waals surface area (Å²) in [6, 6.07) is 57.7. The first-order chi connectivity index (χ1) is 24.3. The van der Waals surface area contributed by atoms with Gasteiger partial charge in [-0.25, -0.2) is 4.98 Å². The van der Waals surface area contributed by atoms with E-state index >= 15 is 0 Å². The van der Waals surface area contributed by atoms with E-state index in [1.165, 1.54) is 71.0 Å². The van der Waals surface area contributed by atoms with Crippen LogP contribution in [0.15, 0.2) is 164 Å². The lowest BCUT2D eigenvalue weighted by molar-refractivity contribution is 0.878. The topological polar surface area (TPSA) is 17.8 Å². The second kappa shape index (κ2) is 11.2. The fraction of sp³-hybridized carbons (Fsp3) is 0.0426. The van der Waals surface area contributed by atoms with Gasteiger partial charge in [0, 0.05) is 11.3 Å². The Hall–Kier alpha value is -6.25. The largest absolute Gasteiger partial charge is 0.296 e. The normalized spacial score (nSPS) is 12.7. The lowest BCUT2D eigenvalue weighted by Crippen LogP contribution is -2.04. The molecule has 9 aromatic rings. The summed E-state index contributed by atoms with van der Waals surface area (Å²) in [6.45, 7) is 0. The number of para-hydroxylation sites is 1. The molecule has 0 unspecified atom stereocenters. The maximum Gasteiger partial charge on any atom is 0.145 e. The molecular formula is C47H32N2. The molecule has 0 radical (unpaired) electrons. The second-order valence-electron chi connectivity index (χ2n) is 13.1. The van der Waals surface area contributed by atoms with Crippen LogP contribution in [0, 0.1) is 0 Å². The van der Waals surface area contributed by atoms with Crippen LogP contribution in [0.5, 0.6) is 0 Å². The summed E-state index contributed by atoms with van der Waals surface area (Å²) in [5.41, 5.74) is 9.56. The van der Waals surface area contributed by atoms with Crippen LogP contribution >= 0.6 is 0 Å². The minimum absolute atomic E-state index is 0.973. The van der Waals surface area contributed by atoms with Crippen LogP contribution in [0.2, 0.25) is 0 Å². The highest BCUT2D eigenvalue weighted by Crippen LogP contribution is 2.46. The van der Waals surface area contributed by atoms with Gasteiger partial charge in [0.25, 0.3) is 0 Å². The van der Waals surface area contributed by atoms with Gasteiger partial charge in [-0.15, -0.1) is 0 Å². The van der Waals surface area contributed by atoms with Crippen molar-refractivity contribution in [2.75, 3.05) is 0 Å². The Morgan fingerprint density at radius 3 is 1.67 bits per heavy atom. The maximum atomic E-state index is 5.30. The first-order valence-electron chi connectivity index (χ1n) is 17.1. The van der Waals surface area contributed by atoms with Crippen LogP contribution in [0.25, 0.3) is 88.5 Å². The molecule has 1 aliphatic rings. The third-order valence-electron chi connectivity index (χ3n) is 10.2. The first kappa shape index (κ1) is 27.8. The summed E-state index contributed by atoms with van der Waals surface area (Å²) in [5.74, 6) is 0.981. The Bertz CT molecular complexity index is 2770. The van der Waals surface area contributed by atoms with Crippen LogP contribution in [0.1, 0.15) is 17.8 Å². The number of nitrogens with zero attached hydrogens (tertiary/aromatic N) is 2. The van der Waals surface area contributed by atoms with Crippen LogP contribution in [0.3, 0.4) is 0 Å². The van der Waals surface area contributed by atoms with Crippen molar-refractivity contribution in [3.8, 4) is 39.3 Å².